The minimum Gasteiger partial charge on any atom is -0.549 e. The lowest BCUT2D eigenvalue weighted by Crippen LogP contribution is -2.71. The summed E-state index contributed by atoms with van der Waals surface area (Å²) < 4.78 is 12.1. The first-order valence-corrected chi connectivity index (χ1v) is 18.5. The number of carbonyl (C=O) groups excluding carboxylic acids is 4. The van der Waals surface area contributed by atoms with Gasteiger partial charge in [-0.25, -0.2) is 9.36 Å². The number of hydrogen-bond acceptors (Lipinski definition) is 14. The molecule has 17 heteroatoms. The molecular formula is C35H31N7O7S3. The van der Waals surface area contributed by atoms with Crippen LogP contribution >= 0.6 is 35.1 Å². The van der Waals surface area contributed by atoms with Gasteiger partial charge in [0.05, 0.1) is 5.97 Å². The number of fused-ring (bicyclic) bond motifs is 1. The summed E-state index contributed by atoms with van der Waals surface area (Å²) in [5, 5.41) is 16.8. The van der Waals surface area contributed by atoms with Gasteiger partial charge in [0.2, 0.25) is 11.5 Å². The number of allylic oxidation sites excluding steroid dienone is 2. The molecule has 4 heterocycles. The van der Waals surface area contributed by atoms with Crippen LogP contribution in [0.15, 0.2) is 119 Å². The summed E-state index contributed by atoms with van der Waals surface area (Å²) in [6.07, 6.45) is 6.50. The molecule has 0 spiro atoms. The molecule has 2 aromatic carbocycles. The fourth-order valence-electron chi connectivity index (χ4n) is 5.44. The molecule has 0 radical (unpaired) electrons. The van der Waals surface area contributed by atoms with Gasteiger partial charge in [-0.1, -0.05) is 71.9 Å². The van der Waals surface area contributed by atoms with E-state index in [0.29, 0.717) is 17.9 Å². The number of hydrogen-bond donors (Lipinski definition) is 2. The number of aliphatic carboxylic acids is 1. The van der Waals surface area contributed by atoms with Gasteiger partial charge in [0.15, 0.2) is 30.2 Å². The number of benzene rings is 2. The van der Waals surface area contributed by atoms with Gasteiger partial charge >= 0.3 is 5.97 Å². The summed E-state index contributed by atoms with van der Waals surface area (Å²) in [5.41, 5.74) is 7.59. The van der Waals surface area contributed by atoms with Gasteiger partial charge in [0, 0.05) is 40.1 Å². The number of β-lactam (4-membered cyclic amide) rings is 1. The van der Waals surface area contributed by atoms with E-state index >= 15 is 0 Å². The number of amides is 2. The number of nitrogens with one attached hydrogen (secondary N) is 1. The molecule has 0 saturated carbocycles. The first-order valence-electron chi connectivity index (χ1n) is 15.7. The number of carbonyl (C=O) groups is 4. The highest BCUT2D eigenvalue weighted by Crippen LogP contribution is 2.42. The van der Waals surface area contributed by atoms with Crippen LogP contribution in [0.5, 0.6) is 0 Å². The third-order valence-electron chi connectivity index (χ3n) is 7.81. The maximum Gasteiger partial charge on any atom is 0.356 e. The van der Waals surface area contributed by atoms with Gasteiger partial charge in [0.1, 0.15) is 24.2 Å². The van der Waals surface area contributed by atoms with E-state index in [2.05, 4.69) is 19.8 Å². The predicted molar refractivity (Wildman–Crippen MR) is 192 cm³/mol. The first-order chi connectivity index (χ1) is 25.2. The number of aromatic nitrogens is 3. The topological polar surface area (TPSA) is 193 Å². The van der Waals surface area contributed by atoms with E-state index in [1.165, 1.54) is 23.8 Å². The summed E-state index contributed by atoms with van der Waals surface area (Å²) in [4.78, 5) is 63.2. The minimum absolute atomic E-state index is 0.0462. The van der Waals surface area contributed by atoms with Crippen molar-refractivity contribution in [3.05, 3.63) is 126 Å². The van der Waals surface area contributed by atoms with Crippen LogP contribution in [0.2, 0.25) is 0 Å². The molecule has 1 saturated heterocycles. The largest absolute Gasteiger partial charge is 0.549 e. The summed E-state index contributed by atoms with van der Waals surface area (Å²) >= 11 is 3.42. The fourth-order valence-corrected chi connectivity index (χ4v) is 7.80. The molecule has 2 aliphatic heterocycles. The molecule has 3 N–H and O–H groups in total. The number of esters is 1. The lowest BCUT2D eigenvalue weighted by atomic mass is 10.0. The van der Waals surface area contributed by atoms with Crippen molar-refractivity contribution >= 4 is 69.7 Å². The fraction of sp³-hybridized carbons (Fsp3) is 0.200. The summed E-state index contributed by atoms with van der Waals surface area (Å²) in [7, 11) is 1.26. The second-order valence-corrected chi connectivity index (χ2v) is 14.2. The zero-order valence-corrected chi connectivity index (χ0v) is 29.9. The normalized spacial score (nSPS) is 17.2. The number of anilines is 1. The number of ether oxygens (including phenoxy) is 1. The third kappa shape index (κ3) is 8.33. The number of nitrogens with zero attached hydrogens (tertiary/aromatic N) is 5. The summed E-state index contributed by atoms with van der Waals surface area (Å²) in [5.74, 6) is -2.97. The monoisotopic (exact) mass is 757 g/mol. The number of thioether (sulfide) groups is 2. The van der Waals surface area contributed by atoms with Crippen LogP contribution in [0.1, 0.15) is 23.1 Å². The Morgan fingerprint density at radius 1 is 1.12 bits per heavy atom. The van der Waals surface area contributed by atoms with Crippen molar-refractivity contribution < 1.29 is 38.4 Å². The van der Waals surface area contributed by atoms with Crippen molar-refractivity contribution in [2.45, 2.75) is 29.0 Å². The van der Waals surface area contributed by atoms with E-state index in [4.69, 9.17) is 15.3 Å². The second-order valence-electron chi connectivity index (χ2n) is 11.2. The van der Waals surface area contributed by atoms with Gasteiger partial charge in [-0.3, -0.25) is 14.5 Å². The quantitative estimate of drug-likeness (QED) is 0.0475. The minimum atomic E-state index is -1.14. The number of carboxylic acid groups (broad SMARTS) is 1. The molecule has 52 heavy (non-hydrogen) atoms. The highest BCUT2D eigenvalue weighted by atomic mass is 32.2. The average molecular weight is 758 g/mol. The van der Waals surface area contributed by atoms with Crippen LogP contribution < -0.4 is 20.7 Å². The van der Waals surface area contributed by atoms with E-state index in [0.717, 1.165) is 39.3 Å². The van der Waals surface area contributed by atoms with Gasteiger partial charge in [-0.15, -0.1) is 23.5 Å². The number of pyridine rings is 1. The Hall–Kier alpha value is -5.52. The molecule has 2 aromatic heterocycles. The summed E-state index contributed by atoms with van der Waals surface area (Å²) in [6, 6.07) is 21.2. The maximum absolute atomic E-state index is 14.3. The zero-order valence-electron chi connectivity index (χ0n) is 27.5. The van der Waals surface area contributed by atoms with Gasteiger partial charge in [-0.2, -0.15) is 9.36 Å². The predicted octanol–water partition coefficient (Wildman–Crippen LogP) is 1.84. The van der Waals surface area contributed by atoms with Crippen LogP contribution in [0, 0.1) is 0 Å². The molecular weight excluding hydrogens is 727 g/mol. The van der Waals surface area contributed by atoms with Crippen LogP contribution in [-0.4, -0.2) is 73.8 Å². The average Bonchev–Trinajstić information content (AvgIpc) is 3.60. The Morgan fingerprint density at radius 2 is 1.79 bits per heavy atom. The van der Waals surface area contributed by atoms with Crippen molar-refractivity contribution in [2.75, 3.05) is 24.3 Å². The Balaban J connectivity index is 1.27. The Bertz CT molecular complexity index is 2000. The van der Waals surface area contributed by atoms with Crippen molar-refractivity contribution in [1.82, 2.24) is 19.6 Å². The smallest absolute Gasteiger partial charge is 0.356 e. The number of rotatable bonds is 14. The van der Waals surface area contributed by atoms with E-state index < -0.39 is 41.3 Å². The summed E-state index contributed by atoms with van der Waals surface area (Å²) in [6.45, 7) is 0.422. The van der Waals surface area contributed by atoms with Crippen molar-refractivity contribution in [3.63, 3.8) is 0 Å². The number of oxime groups is 1. The lowest BCUT2D eigenvalue weighted by molar-refractivity contribution is -0.687. The Labute approximate surface area is 310 Å². The molecule has 1 fully saturated rings. The molecule has 0 aliphatic carbocycles. The van der Waals surface area contributed by atoms with Gasteiger partial charge < -0.3 is 30.5 Å². The van der Waals surface area contributed by atoms with Crippen LogP contribution in [0.3, 0.4) is 0 Å². The first kappa shape index (κ1) is 36.3. The van der Waals surface area contributed by atoms with E-state index in [9.17, 15) is 24.3 Å². The highest BCUT2D eigenvalue weighted by molar-refractivity contribution is 8.00. The highest BCUT2D eigenvalue weighted by Gasteiger charge is 2.55. The SMILES string of the molecule is CON=C(C(=O)NC1C(=O)N2C(C(=O)OC(c3ccccc3)c3ccccc3)=C(C=CC[n+]3ccc(SCC(=O)[O-])cc3)CS[C@H]12)c1nsc(N)n1. The number of nitrogen functional groups attached to an aromatic ring is 1. The maximum atomic E-state index is 14.3. The van der Waals surface area contributed by atoms with E-state index in [1.807, 2.05) is 83.7 Å². The molecule has 1 unspecified atom stereocenters. The second kappa shape index (κ2) is 16.7. The van der Waals surface area contributed by atoms with Crippen molar-refractivity contribution in [2.24, 2.45) is 5.16 Å². The number of carboxylic acids is 1. The zero-order chi connectivity index (χ0) is 36.6. The third-order valence-corrected chi connectivity index (χ3v) is 10.6. The van der Waals surface area contributed by atoms with Crippen LogP contribution in [0.4, 0.5) is 5.13 Å². The molecule has 6 rings (SSSR count). The Kier molecular flexibility index (Phi) is 11.6. The lowest BCUT2D eigenvalue weighted by Gasteiger charge is -2.49. The van der Waals surface area contributed by atoms with Crippen LogP contribution in [0.25, 0.3) is 0 Å². The van der Waals surface area contributed by atoms with Gasteiger partial charge in [0.25, 0.3) is 11.8 Å². The molecule has 14 nitrogen and oxygen atoms in total. The molecule has 2 atom stereocenters. The molecule has 2 aliphatic rings. The van der Waals surface area contributed by atoms with Crippen molar-refractivity contribution in [1.29, 1.82) is 0 Å². The molecule has 2 amide bonds. The molecule has 266 valence electrons. The number of nitrogens with two attached hydrogens (primary N) is 1. The standard InChI is InChI=1S/C35H31N7O7S3/c1-48-39-26(30-38-35(36)52-40-30)31(45)37-27-32(46)42-28(34(47)49-29(21-9-4-2-5-10-21)22-11-6-3-7-12-22)23(19-51-33(27)42)13-8-16-41-17-14-24(15-18-41)50-20-25(43)44/h2-15,17-18,27,29,33H,16,19-20H2,1H3,(H3-,36,37,38,40,43,44,45)/t27?,33-/m1/s1. The van der Waals surface area contributed by atoms with Gasteiger partial charge in [-0.05, 0) is 22.8 Å². The van der Waals surface area contributed by atoms with Crippen LogP contribution in [-0.2, 0) is 35.3 Å². The van der Waals surface area contributed by atoms with E-state index in [-0.39, 0.29) is 28.1 Å². The molecule has 4 aromatic rings. The Morgan fingerprint density at radius 3 is 2.38 bits per heavy atom. The van der Waals surface area contributed by atoms with E-state index in [1.54, 1.807) is 18.2 Å². The molecule has 0 bridgehead atoms. The van der Waals surface area contributed by atoms with Crippen molar-refractivity contribution in [3.8, 4) is 0 Å².